The normalized spacial score (nSPS) is 11.5. The molecule has 0 saturated heterocycles. The lowest BCUT2D eigenvalue weighted by atomic mass is 10.1. The zero-order valence-electron chi connectivity index (χ0n) is 13.5. The van der Waals surface area contributed by atoms with E-state index >= 15 is 0 Å². The monoisotopic (exact) mass is 350 g/mol. The van der Waals surface area contributed by atoms with Crippen LogP contribution in [0.2, 0.25) is 0 Å². The molecule has 0 unspecified atom stereocenters. The van der Waals surface area contributed by atoms with Gasteiger partial charge in [-0.1, -0.05) is 30.3 Å². The Kier molecular flexibility index (Phi) is 5.69. The van der Waals surface area contributed by atoms with Gasteiger partial charge in [0.15, 0.2) is 0 Å². The molecule has 0 fully saturated rings. The molecule has 0 aliphatic heterocycles. The molecule has 0 aromatic heterocycles. The number of nitrogens with one attached hydrogen (secondary N) is 1. The smallest absolute Gasteiger partial charge is 0.251 e. The highest BCUT2D eigenvalue weighted by Gasteiger charge is 2.23. The lowest BCUT2D eigenvalue weighted by Gasteiger charge is -2.13. The molecule has 0 aliphatic carbocycles. The lowest BCUT2D eigenvalue weighted by Crippen LogP contribution is -2.27. The number of nitrogens with zero attached hydrogens (tertiary/aromatic N) is 1. The Balaban J connectivity index is 2.10. The highest BCUT2D eigenvalue weighted by atomic mass is 32.2. The topological polar surface area (TPSA) is 66.5 Å². The molecule has 0 aliphatic rings. The van der Waals surface area contributed by atoms with Gasteiger partial charge in [0.05, 0.1) is 0 Å². The molecule has 2 aromatic carbocycles. The molecule has 5 nitrogen and oxygen atoms in total. The minimum Gasteiger partial charge on any atom is -0.352 e. The van der Waals surface area contributed by atoms with Crippen LogP contribution in [0, 0.1) is 5.82 Å². The van der Waals surface area contributed by atoms with Gasteiger partial charge in [0, 0.05) is 26.2 Å². The first-order valence-electron chi connectivity index (χ1n) is 7.36. The average Bonchev–Trinajstić information content (AvgIpc) is 2.55. The molecule has 0 radical (unpaired) electrons. The Labute approximate surface area is 141 Å². The van der Waals surface area contributed by atoms with E-state index in [1.807, 2.05) is 30.3 Å². The molecular weight excluding hydrogens is 331 g/mol. The molecule has 0 heterocycles. The van der Waals surface area contributed by atoms with Crippen LogP contribution in [-0.4, -0.2) is 39.3 Å². The fraction of sp³-hybridized carbons (Fsp3) is 0.235. The number of hydrogen-bond donors (Lipinski definition) is 1. The summed E-state index contributed by atoms with van der Waals surface area (Å²) in [5.74, 6) is -1.33. The van der Waals surface area contributed by atoms with Crippen molar-refractivity contribution in [2.45, 2.75) is 11.3 Å². The molecule has 24 heavy (non-hydrogen) atoms. The van der Waals surface area contributed by atoms with Gasteiger partial charge >= 0.3 is 0 Å². The average molecular weight is 350 g/mol. The third kappa shape index (κ3) is 4.18. The number of sulfonamides is 1. The van der Waals surface area contributed by atoms with Gasteiger partial charge in [-0.2, -0.15) is 0 Å². The number of carbonyl (C=O) groups is 1. The van der Waals surface area contributed by atoms with Gasteiger partial charge in [-0.15, -0.1) is 0 Å². The van der Waals surface area contributed by atoms with Gasteiger partial charge in [-0.3, -0.25) is 4.79 Å². The predicted molar refractivity (Wildman–Crippen MR) is 89.8 cm³/mol. The van der Waals surface area contributed by atoms with E-state index in [9.17, 15) is 17.6 Å². The van der Waals surface area contributed by atoms with E-state index in [2.05, 4.69) is 5.32 Å². The summed E-state index contributed by atoms with van der Waals surface area (Å²) in [5.41, 5.74) is 1.18. The summed E-state index contributed by atoms with van der Waals surface area (Å²) in [5, 5.41) is 2.70. The van der Waals surface area contributed by atoms with Gasteiger partial charge in [-0.25, -0.2) is 17.1 Å². The van der Waals surface area contributed by atoms with Crippen LogP contribution in [0.4, 0.5) is 4.39 Å². The van der Waals surface area contributed by atoms with Gasteiger partial charge in [0.1, 0.15) is 10.7 Å². The summed E-state index contributed by atoms with van der Waals surface area (Å²) in [7, 11) is -1.33. The molecule has 7 heteroatoms. The molecule has 0 atom stereocenters. The maximum Gasteiger partial charge on any atom is 0.251 e. The summed E-state index contributed by atoms with van der Waals surface area (Å²) in [6, 6.07) is 12.9. The Morgan fingerprint density at radius 3 is 2.42 bits per heavy atom. The Hall–Kier alpha value is -2.25. The molecule has 128 valence electrons. The number of amides is 1. The zero-order valence-corrected chi connectivity index (χ0v) is 14.3. The summed E-state index contributed by atoms with van der Waals surface area (Å²) in [6.07, 6.45) is 0.649. The molecular formula is C17H19FN2O3S. The standard InChI is InChI=1S/C17H19FN2O3S/c1-20(2)24(22,23)16-12-14(8-9-15(16)18)17(21)19-11-10-13-6-4-3-5-7-13/h3-9,12H,10-11H2,1-2H3,(H,19,21). The maximum atomic E-state index is 13.8. The molecule has 0 saturated carbocycles. The molecule has 1 amide bonds. The predicted octanol–water partition coefficient (Wildman–Crippen LogP) is 2.05. The van der Waals surface area contributed by atoms with Crippen molar-refractivity contribution in [2.75, 3.05) is 20.6 Å². The highest BCUT2D eigenvalue weighted by molar-refractivity contribution is 7.89. The number of halogens is 1. The van der Waals surface area contributed by atoms with Crippen molar-refractivity contribution in [3.63, 3.8) is 0 Å². The van der Waals surface area contributed by atoms with E-state index in [-0.39, 0.29) is 5.56 Å². The summed E-state index contributed by atoms with van der Waals surface area (Å²) < 4.78 is 38.9. The third-order valence-corrected chi connectivity index (χ3v) is 5.32. The van der Waals surface area contributed by atoms with Crippen LogP contribution in [0.5, 0.6) is 0 Å². The molecule has 1 N–H and O–H groups in total. The van der Waals surface area contributed by atoms with Crippen molar-refractivity contribution in [3.8, 4) is 0 Å². The Morgan fingerprint density at radius 2 is 1.79 bits per heavy atom. The first kappa shape index (κ1) is 18.1. The largest absolute Gasteiger partial charge is 0.352 e. The Morgan fingerprint density at radius 1 is 1.12 bits per heavy atom. The summed E-state index contributed by atoms with van der Waals surface area (Å²) in [4.78, 5) is 11.6. The van der Waals surface area contributed by atoms with Crippen LogP contribution in [0.3, 0.4) is 0 Å². The minimum atomic E-state index is -3.95. The summed E-state index contributed by atoms with van der Waals surface area (Å²) in [6.45, 7) is 0.399. The first-order chi connectivity index (χ1) is 11.3. The van der Waals surface area contributed by atoms with Crippen LogP contribution in [0.25, 0.3) is 0 Å². The van der Waals surface area contributed by atoms with Gasteiger partial charge in [-0.05, 0) is 30.2 Å². The van der Waals surface area contributed by atoms with E-state index in [0.29, 0.717) is 13.0 Å². The molecule has 2 aromatic rings. The quantitative estimate of drug-likeness (QED) is 0.867. The van der Waals surface area contributed by atoms with Crippen molar-refractivity contribution in [3.05, 3.63) is 65.5 Å². The fourth-order valence-corrected chi connectivity index (χ4v) is 3.09. The highest BCUT2D eigenvalue weighted by Crippen LogP contribution is 2.19. The summed E-state index contributed by atoms with van der Waals surface area (Å²) >= 11 is 0. The second-order valence-corrected chi connectivity index (χ2v) is 7.54. The van der Waals surface area contributed by atoms with Gasteiger partial charge in [0.2, 0.25) is 10.0 Å². The van der Waals surface area contributed by atoms with Crippen LogP contribution in [0.1, 0.15) is 15.9 Å². The molecule has 0 bridgehead atoms. The number of hydrogen-bond acceptors (Lipinski definition) is 3. The van der Waals surface area contributed by atoms with E-state index in [0.717, 1.165) is 22.0 Å². The van der Waals surface area contributed by atoms with Crippen LogP contribution < -0.4 is 5.32 Å². The second kappa shape index (κ2) is 7.55. The van der Waals surface area contributed by atoms with Crippen molar-refractivity contribution >= 4 is 15.9 Å². The Bertz CT molecular complexity index is 821. The molecule has 2 rings (SSSR count). The zero-order chi connectivity index (χ0) is 17.7. The van der Waals surface area contributed by atoms with Crippen LogP contribution in [-0.2, 0) is 16.4 Å². The number of carbonyl (C=O) groups excluding carboxylic acids is 1. The number of rotatable bonds is 6. The van der Waals surface area contributed by atoms with Crippen LogP contribution in [0.15, 0.2) is 53.4 Å². The fourth-order valence-electron chi connectivity index (χ4n) is 2.11. The molecule has 0 spiro atoms. The van der Waals surface area contributed by atoms with E-state index < -0.39 is 26.6 Å². The third-order valence-electron chi connectivity index (χ3n) is 3.49. The van der Waals surface area contributed by atoms with Crippen LogP contribution >= 0.6 is 0 Å². The maximum absolute atomic E-state index is 13.8. The number of benzene rings is 2. The van der Waals surface area contributed by atoms with Gasteiger partial charge in [0.25, 0.3) is 5.91 Å². The lowest BCUT2D eigenvalue weighted by molar-refractivity contribution is 0.0954. The van der Waals surface area contributed by atoms with Crippen molar-refractivity contribution < 1.29 is 17.6 Å². The van der Waals surface area contributed by atoms with Gasteiger partial charge < -0.3 is 5.32 Å². The SMILES string of the molecule is CN(C)S(=O)(=O)c1cc(C(=O)NCCc2ccccc2)ccc1F. The first-order valence-corrected chi connectivity index (χ1v) is 8.80. The van der Waals surface area contributed by atoms with Crippen molar-refractivity contribution in [1.29, 1.82) is 0 Å². The van der Waals surface area contributed by atoms with E-state index in [1.54, 1.807) is 0 Å². The minimum absolute atomic E-state index is 0.102. The second-order valence-electron chi connectivity index (χ2n) is 5.42. The van der Waals surface area contributed by atoms with E-state index in [4.69, 9.17) is 0 Å². The van der Waals surface area contributed by atoms with Crippen molar-refractivity contribution in [2.24, 2.45) is 0 Å². The van der Waals surface area contributed by atoms with Crippen molar-refractivity contribution in [1.82, 2.24) is 9.62 Å². The van der Waals surface area contributed by atoms with E-state index in [1.165, 1.54) is 20.2 Å².